The van der Waals surface area contributed by atoms with E-state index in [0.29, 0.717) is 0 Å². The first-order valence-corrected chi connectivity index (χ1v) is 6.74. The molecule has 1 aromatic carbocycles. The Balaban J connectivity index is 2.14. The Morgan fingerprint density at radius 1 is 1.26 bits per heavy atom. The second-order valence-electron chi connectivity index (χ2n) is 4.65. The number of carbonyl (C=O) groups excluding carboxylic acids is 1. The zero-order valence-corrected chi connectivity index (χ0v) is 11.3. The minimum Gasteiger partial charge on any atom is -0.467 e. The van der Waals surface area contributed by atoms with Gasteiger partial charge in [-0.2, -0.15) is 0 Å². The Morgan fingerprint density at radius 3 is 2.79 bits per heavy atom. The number of rotatable bonds is 3. The van der Waals surface area contributed by atoms with Gasteiger partial charge in [0.25, 0.3) is 0 Å². The average molecular weight is 260 g/mol. The zero-order chi connectivity index (χ0) is 13.5. The minimum absolute atomic E-state index is 0.279. The summed E-state index contributed by atoms with van der Waals surface area (Å²) < 4.78 is 4.88. The number of methoxy groups -OCH3 is 1. The Kier molecular flexibility index (Phi) is 4.95. The SMILES string of the molecule is COC(=O)C(NC1=NCCCCC1)c1ccccc1. The molecule has 0 aliphatic carbocycles. The first kappa shape index (κ1) is 13.6. The van der Waals surface area contributed by atoms with Crippen molar-refractivity contribution in [2.45, 2.75) is 31.7 Å². The van der Waals surface area contributed by atoms with Crippen LogP contribution in [-0.2, 0) is 9.53 Å². The van der Waals surface area contributed by atoms with Gasteiger partial charge in [-0.3, -0.25) is 4.99 Å². The number of ether oxygens (including phenoxy) is 1. The zero-order valence-electron chi connectivity index (χ0n) is 11.3. The van der Waals surface area contributed by atoms with E-state index >= 15 is 0 Å². The molecule has 102 valence electrons. The van der Waals surface area contributed by atoms with Crippen LogP contribution in [0.15, 0.2) is 35.3 Å². The lowest BCUT2D eigenvalue weighted by atomic mass is 10.1. The van der Waals surface area contributed by atoms with Crippen molar-refractivity contribution in [1.29, 1.82) is 0 Å². The average Bonchev–Trinajstić information content (AvgIpc) is 2.73. The third-order valence-electron chi connectivity index (χ3n) is 3.26. The molecule has 0 spiro atoms. The van der Waals surface area contributed by atoms with E-state index in [2.05, 4.69) is 10.3 Å². The number of nitrogens with one attached hydrogen (secondary N) is 1. The highest BCUT2D eigenvalue weighted by Crippen LogP contribution is 2.16. The van der Waals surface area contributed by atoms with Gasteiger partial charge in [0.05, 0.1) is 12.9 Å². The number of carbonyl (C=O) groups is 1. The van der Waals surface area contributed by atoms with Gasteiger partial charge in [-0.05, 0) is 18.4 Å². The third-order valence-corrected chi connectivity index (χ3v) is 3.26. The number of aliphatic imine (C=N–C) groups is 1. The molecule has 0 bridgehead atoms. The predicted molar refractivity (Wildman–Crippen MR) is 75.1 cm³/mol. The molecule has 1 N–H and O–H groups in total. The van der Waals surface area contributed by atoms with Crippen molar-refractivity contribution in [2.24, 2.45) is 4.99 Å². The molecule has 0 saturated carbocycles. The van der Waals surface area contributed by atoms with Gasteiger partial charge in [0.1, 0.15) is 0 Å². The number of benzene rings is 1. The van der Waals surface area contributed by atoms with E-state index in [0.717, 1.165) is 37.2 Å². The second kappa shape index (κ2) is 6.92. The van der Waals surface area contributed by atoms with Gasteiger partial charge < -0.3 is 10.1 Å². The lowest BCUT2D eigenvalue weighted by molar-refractivity contribution is -0.142. The number of amidine groups is 1. The summed E-state index contributed by atoms with van der Waals surface area (Å²) in [5.41, 5.74) is 0.904. The Morgan fingerprint density at radius 2 is 2.05 bits per heavy atom. The molecule has 1 aliphatic heterocycles. The summed E-state index contributed by atoms with van der Waals surface area (Å²) in [7, 11) is 1.41. The van der Waals surface area contributed by atoms with Gasteiger partial charge in [-0.25, -0.2) is 4.79 Å². The normalized spacial score (nSPS) is 17.0. The quantitative estimate of drug-likeness (QED) is 0.849. The van der Waals surface area contributed by atoms with Crippen LogP contribution in [-0.4, -0.2) is 25.5 Å². The minimum atomic E-state index is -0.469. The standard InChI is InChI=1S/C15H20N2O2/c1-19-15(18)14(12-8-4-2-5-9-12)17-13-10-6-3-7-11-16-13/h2,4-5,8-9,14H,3,6-7,10-11H2,1H3,(H,16,17). The Labute approximate surface area is 113 Å². The molecule has 19 heavy (non-hydrogen) atoms. The smallest absolute Gasteiger partial charge is 0.333 e. The van der Waals surface area contributed by atoms with E-state index in [-0.39, 0.29) is 5.97 Å². The van der Waals surface area contributed by atoms with Gasteiger partial charge >= 0.3 is 5.97 Å². The van der Waals surface area contributed by atoms with Crippen LogP contribution in [0.25, 0.3) is 0 Å². The van der Waals surface area contributed by atoms with E-state index in [1.165, 1.54) is 13.5 Å². The number of hydrogen-bond acceptors (Lipinski definition) is 4. The molecule has 0 fully saturated rings. The van der Waals surface area contributed by atoms with Crippen molar-refractivity contribution < 1.29 is 9.53 Å². The molecule has 1 aromatic rings. The van der Waals surface area contributed by atoms with Crippen molar-refractivity contribution >= 4 is 11.8 Å². The topological polar surface area (TPSA) is 50.7 Å². The molecule has 4 nitrogen and oxygen atoms in total. The molecular formula is C15H20N2O2. The summed E-state index contributed by atoms with van der Waals surface area (Å²) in [5.74, 6) is 0.634. The van der Waals surface area contributed by atoms with Crippen LogP contribution >= 0.6 is 0 Å². The Bertz CT molecular complexity index is 443. The van der Waals surface area contributed by atoms with Gasteiger partial charge in [0.2, 0.25) is 0 Å². The van der Waals surface area contributed by atoms with Crippen LogP contribution < -0.4 is 5.32 Å². The van der Waals surface area contributed by atoms with E-state index in [1.54, 1.807) is 0 Å². The van der Waals surface area contributed by atoms with Crippen LogP contribution in [0.5, 0.6) is 0 Å². The van der Waals surface area contributed by atoms with Crippen molar-refractivity contribution in [3.05, 3.63) is 35.9 Å². The van der Waals surface area contributed by atoms with Crippen molar-refractivity contribution in [3.8, 4) is 0 Å². The molecule has 1 aliphatic rings. The molecule has 2 rings (SSSR count). The molecule has 0 radical (unpaired) electrons. The van der Waals surface area contributed by atoms with Crippen LogP contribution in [0, 0.1) is 0 Å². The monoisotopic (exact) mass is 260 g/mol. The third kappa shape index (κ3) is 3.81. The molecule has 0 saturated heterocycles. The fourth-order valence-electron chi connectivity index (χ4n) is 2.20. The van der Waals surface area contributed by atoms with Crippen LogP contribution in [0.2, 0.25) is 0 Å². The van der Waals surface area contributed by atoms with Gasteiger partial charge in [0, 0.05) is 13.0 Å². The summed E-state index contributed by atoms with van der Waals surface area (Å²) in [6.45, 7) is 0.838. The summed E-state index contributed by atoms with van der Waals surface area (Å²) in [5, 5.41) is 3.24. The summed E-state index contributed by atoms with van der Waals surface area (Å²) in [4.78, 5) is 16.4. The molecule has 0 amide bonds. The van der Waals surface area contributed by atoms with Gasteiger partial charge in [-0.1, -0.05) is 36.8 Å². The number of hydrogen-bond donors (Lipinski definition) is 1. The molecule has 4 heteroatoms. The fourth-order valence-corrected chi connectivity index (χ4v) is 2.20. The van der Waals surface area contributed by atoms with Gasteiger partial charge in [0.15, 0.2) is 6.04 Å². The Hall–Kier alpha value is -1.84. The molecule has 1 unspecified atom stereocenters. The van der Waals surface area contributed by atoms with E-state index < -0.39 is 6.04 Å². The van der Waals surface area contributed by atoms with E-state index in [4.69, 9.17) is 4.74 Å². The maximum absolute atomic E-state index is 11.9. The summed E-state index contributed by atoms with van der Waals surface area (Å²) in [6.07, 6.45) is 4.34. The maximum atomic E-state index is 11.9. The van der Waals surface area contributed by atoms with E-state index in [9.17, 15) is 4.79 Å². The lowest BCUT2D eigenvalue weighted by Gasteiger charge is -2.19. The molecule has 1 heterocycles. The summed E-state index contributed by atoms with van der Waals surface area (Å²) >= 11 is 0. The molecule has 0 aromatic heterocycles. The number of esters is 1. The van der Waals surface area contributed by atoms with Crippen LogP contribution in [0.3, 0.4) is 0 Å². The molecular weight excluding hydrogens is 240 g/mol. The second-order valence-corrected chi connectivity index (χ2v) is 4.65. The first-order chi connectivity index (χ1) is 9.31. The number of nitrogens with zero attached hydrogens (tertiary/aromatic N) is 1. The highest BCUT2D eigenvalue weighted by atomic mass is 16.5. The van der Waals surface area contributed by atoms with Crippen molar-refractivity contribution in [1.82, 2.24) is 5.32 Å². The predicted octanol–water partition coefficient (Wildman–Crippen LogP) is 2.46. The van der Waals surface area contributed by atoms with Crippen LogP contribution in [0.1, 0.15) is 37.3 Å². The highest BCUT2D eigenvalue weighted by Gasteiger charge is 2.22. The van der Waals surface area contributed by atoms with E-state index in [1.807, 2.05) is 30.3 Å². The highest BCUT2D eigenvalue weighted by molar-refractivity contribution is 5.88. The fraction of sp³-hybridized carbons (Fsp3) is 0.467. The van der Waals surface area contributed by atoms with Gasteiger partial charge in [-0.15, -0.1) is 0 Å². The van der Waals surface area contributed by atoms with Crippen molar-refractivity contribution in [2.75, 3.05) is 13.7 Å². The molecule has 1 atom stereocenters. The largest absolute Gasteiger partial charge is 0.467 e. The summed E-state index contributed by atoms with van der Waals surface area (Å²) in [6, 6.07) is 9.14. The lowest BCUT2D eigenvalue weighted by Crippen LogP contribution is -2.34. The maximum Gasteiger partial charge on any atom is 0.333 e. The first-order valence-electron chi connectivity index (χ1n) is 6.74. The van der Waals surface area contributed by atoms with Crippen molar-refractivity contribution in [3.63, 3.8) is 0 Å². The van der Waals surface area contributed by atoms with Crippen LogP contribution in [0.4, 0.5) is 0 Å².